The minimum absolute atomic E-state index is 0.0658. The molecule has 2 unspecified atom stereocenters. The lowest BCUT2D eigenvalue weighted by Crippen LogP contribution is -2.52. The van der Waals surface area contributed by atoms with Crippen LogP contribution in [0.2, 0.25) is 0 Å². The first-order chi connectivity index (χ1) is 7.92. The number of amides is 1. The molecule has 1 aliphatic carbocycles. The van der Waals surface area contributed by atoms with Crippen LogP contribution in [0.15, 0.2) is 0 Å². The van der Waals surface area contributed by atoms with Crippen LogP contribution in [0, 0.1) is 11.8 Å². The van der Waals surface area contributed by atoms with Gasteiger partial charge in [-0.3, -0.25) is 4.79 Å². The molecule has 98 valence electrons. The molecule has 0 aliphatic heterocycles. The second-order valence-corrected chi connectivity index (χ2v) is 5.14. The largest absolute Gasteiger partial charge is 0.467 e. The van der Waals surface area contributed by atoms with Gasteiger partial charge < -0.3 is 15.8 Å². The molecule has 0 saturated heterocycles. The first-order valence-electron chi connectivity index (χ1n) is 6.03. The predicted molar refractivity (Wildman–Crippen MR) is 64.1 cm³/mol. The average Bonchev–Trinajstić information content (AvgIpc) is 2.75. The Balaban J connectivity index is 2.62. The third-order valence-electron chi connectivity index (χ3n) is 3.43. The molecule has 1 rings (SSSR count). The minimum Gasteiger partial charge on any atom is -0.467 e. The zero-order valence-electron chi connectivity index (χ0n) is 10.8. The van der Waals surface area contributed by atoms with Crippen LogP contribution < -0.4 is 11.1 Å². The van der Waals surface area contributed by atoms with E-state index >= 15 is 0 Å². The molecule has 0 bridgehead atoms. The predicted octanol–water partition coefficient (Wildman–Crippen LogP) is 0.429. The van der Waals surface area contributed by atoms with Gasteiger partial charge in [0.25, 0.3) is 0 Å². The van der Waals surface area contributed by atoms with Gasteiger partial charge in [-0.1, -0.05) is 6.42 Å². The first-order valence-corrected chi connectivity index (χ1v) is 6.03. The molecule has 0 heterocycles. The summed E-state index contributed by atoms with van der Waals surface area (Å²) < 4.78 is 4.65. The molecule has 0 aromatic rings. The van der Waals surface area contributed by atoms with Gasteiger partial charge in [-0.05, 0) is 39.2 Å². The van der Waals surface area contributed by atoms with Crippen LogP contribution in [0.3, 0.4) is 0 Å². The molecule has 1 aliphatic rings. The van der Waals surface area contributed by atoms with E-state index < -0.39 is 11.5 Å². The third kappa shape index (κ3) is 3.19. The Morgan fingerprint density at radius 3 is 2.59 bits per heavy atom. The van der Waals surface area contributed by atoms with Gasteiger partial charge in [-0.15, -0.1) is 0 Å². The number of hydrogen-bond acceptors (Lipinski definition) is 4. The van der Waals surface area contributed by atoms with Gasteiger partial charge >= 0.3 is 5.97 Å². The van der Waals surface area contributed by atoms with Crippen molar-refractivity contribution >= 4 is 11.9 Å². The molecular formula is C12H22N2O3. The SMILES string of the molecule is COC(=O)C(C)(C)NC(=O)C1CCCC1CN. The fourth-order valence-electron chi connectivity index (χ4n) is 2.37. The molecule has 0 spiro atoms. The zero-order chi connectivity index (χ0) is 13.1. The summed E-state index contributed by atoms with van der Waals surface area (Å²) in [6, 6.07) is 0. The van der Waals surface area contributed by atoms with Gasteiger partial charge in [0.15, 0.2) is 0 Å². The van der Waals surface area contributed by atoms with E-state index in [0.717, 1.165) is 19.3 Å². The van der Waals surface area contributed by atoms with E-state index in [2.05, 4.69) is 10.1 Å². The van der Waals surface area contributed by atoms with Gasteiger partial charge in [0.1, 0.15) is 5.54 Å². The number of esters is 1. The van der Waals surface area contributed by atoms with E-state index in [-0.39, 0.29) is 17.7 Å². The van der Waals surface area contributed by atoms with E-state index in [4.69, 9.17) is 5.73 Å². The molecule has 17 heavy (non-hydrogen) atoms. The maximum Gasteiger partial charge on any atom is 0.330 e. The van der Waals surface area contributed by atoms with Crippen LogP contribution in [0.5, 0.6) is 0 Å². The first kappa shape index (κ1) is 14.0. The number of hydrogen-bond donors (Lipinski definition) is 2. The number of carbonyl (C=O) groups excluding carboxylic acids is 2. The summed E-state index contributed by atoms with van der Waals surface area (Å²) in [7, 11) is 1.31. The van der Waals surface area contributed by atoms with Crippen LogP contribution in [-0.4, -0.2) is 31.1 Å². The summed E-state index contributed by atoms with van der Waals surface area (Å²) >= 11 is 0. The topological polar surface area (TPSA) is 81.4 Å². The van der Waals surface area contributed by atoms with E-state index in [0.29, 0.717) is 6.54 Å². The van der Waals surface area contributed by atoms with Crippen LogP contribution in [0.25, 0.3) is 0 Å². The summed E-state index contributed by atoms with van der Waals surface area (Å²) in [5.41, 5.74) is 4.66. The molecule has 3 N–H and O–H groups in total. The molecule has 5 heteroatoms. The summed E-state index contributed by atoms with van der Waals surface area (Å²) in [5.74, 6) is -0.353. The molecule has 1 saturated carbocycles. The fourth-order valence-corrected chi connectivity index (χ4v) is 2.37. The minimum atomic E-state index is -0.979. The lowest BCUT2D eigenvalue weighted by atomic mass is 9.94. The number of ether oxygens (including phenoxy) is 1. The van der Waals surface area contributed by atoms with Crippen molar-refractivity contribution in [2.45, 2.75) is 38.6 Å². The van der Waals surface area contributed by atoms with Crippen LogP contribution >= 0.6 is 0 Å². The highest BCUT2D eigenvalue weighted by Gasteiger charge is 2.37. The molecule has 0 aromatic carbocycles. The van der Waals surface area contributed by atoms with E-state index in [1.807, 2.05) is 0 Å². The normalized spacial score (nSPS) is 24.5. The maximum atomic E-state index is 12.1. The fraction of sp³-hybridized carbons (Fsp3) is 0.833. The van der Waals surface area contributed by atoms with Crippen molar-refractivity contribution in [2.75, 3.05) is 13.7 Å². The second kappa shape index (κ2) is 5.49. The van der Waals surface area contributed by atoms with Crippen LogP contribution in [-0.2, 0) is 14.3 Å². The Kier molecular flexibility index (Phi) is 4.51. The lowest BCUT2D eigenvalue weighted by Gasteiger charge is -2.26. The molecule has 5 nitrogen and oxygen atoms in total. The molecule has 0 radical (unpaired) electrons. The van der Waals surface area contributed by atoms with E-state index in [1.165, 1.54) is 7.11 Å². The van der Waals surface area contributed by atoms with Crippen molar-refractivity contribution in [1.82, 2.24) is 5.32 Å². The van der Waals surface area contributed by atoms with Crippen LogP contribution in [0.1, 0.15) is 33.1 Å². The summed E-state index contributed by atoms with van der Waals surface area (Å²) in [4.78, 5) is 23.5. The maximum absolute atomic E-state index is 12.1. The Hall–Kier alpha value is -1.10. The van der Waals surface area contributed by atoms with Crippen LogP contribution in [0.4, 0.5) is 0 Å². The Morgan fingerprint density at radius 2 is 2.06 bits per heavy atom. The lowest BCUT2D eigenvalue weighted by molar-refractivity contribution is -0.150. The number of carbonyl (C=O) groups is 2. The van der Waals surface area contributed by atoms with Gasteiger partial charge in [0, 0.05) is 5.92 Å². The quantitative estimate of drug-likeness (QED) is 0.700. The van der Waals surface area contributed by atoms with E-state index in [9.17, 15) is 9.59 Å². The van der Waals surface area contributed by atoms with Crippen molar-refractivity contribution in [2.24, 2.45) is 17.6 Å². The summed E-state index contributed by atoms with van der Waals surface area (Å²) in [6.45, 7) is 3.81. The number of rotatable bonds is 4. The van der Waals surface area contributed by atoms with Crippen molar-refractivity contribution in [3.8, 4) is 0 Å². The summed E-state index contributed by atoms with van der Waals surface area (Å²) in [5, 5.41) is 2.74. The Labute approximate surface area is 102 Å². The standard InChI is InChI=1S/C12H22N2O3/c1-12(2,11(16)17-3)14-10(15)9-6-4-5-8(9)7-13/h8-9H,4-7,13H2,1-3H3,(H,14,15). The zero-order valence-corrected chi connectivity index (χ0v) is 10.8. The molecule has 1 fully saturated rings. The Morgan fingerprint density at radius 1 is 1.41 bits per heavy atom. The summed E-state index contributed by atoms with van der Waals surface area (Å²) in [6.07, 6.45) is 2.87. The molecule has 1 amide bonds. The Bertz CT molecular complexity index is 302. The van der Waals surface area contributed by atoms with E-state index in [1.54, 1.807) is 13.8 Å². The van der Waals surface area contributed by atoms with Gasteiger partial charge in [-0.2, -0.15) is 0 Å². The van der Waals surface area contributed by atoms with Gasteiger partial charge in [0.2, 0.25) is 5.91 Å². The number of nitrogens with two attached hydrogens (primary N) is 1. The van der Waals surface area contributed by atoms with Gasteiger partial charge in [-0.25, -0.2) is 4.79 Å². The highest BCUT2D eigenvalue weighted by Crippen LogP contribution is 2.31. The molecule has 0 aromatic heterocycles. The number of nitrogens with one attached hydrogen (secondary N) is 1. The second-order valence-electron chi connectivity index (χ2n) is 5.14. The molecule has 2 atom stereocenters. The third-order valence-corrected chi connectivity index (χ3v) is 3.43. The smallest absolute Gasteiger partial charge is 0.330 e. The monoisotopic (exact) mass is 242 g/mol. The van der Waals surface area contributed by atoms with Gasteiger partial charge in [0.05, 0.1) is 7.11 Å². The van der Waals surface area contributed by atoms with Crippen molar-refractivity contribution in [3.63, 3.8) is 0 Å². The van der Waals surface area contributed by atoms with Crippen molar-refractivity contribution in [1.29, 1.82) is 0 Å². The molecular weight excluding hydrogens is 220 g/mol. The van der Waals surface area contributed by atoms with Crippen molar-refractivity contribution in [3.05, 3.63) is 0 Å². The number of methoxy groups -OCH3 is 1. The highest BCUT2D eigenvalue weighted by molar-refractivity contribution is 5.88. The average molecular weight is 242 g/mol. The highest BCUT2D eigenvalue weighted by atomic mass is 16.5. The van der Waals surface area contributed by atoms with Crippen molar-refractivity contribution < 1.29 is 14.3 Å².